The average Bonchev–Trinajstić information content (AvgIpc) is 2.80. The Labute approximate surface area is 193 Å². The van der Waals surface area contributed by atoms with E-state index in [9.17, 15) is 4.39 Å². The molecule has 0 aliphatic rings. The van der Waals surface area contributed by atoms with Crippen LogP contribution in [0.3, 0.4) is 0 Å². The van der Waals surface area contributed by atoms with Crippen LogP contribution >= 0.6 is 0 Å². The summed E-state index contributed by atoms with van der Waals surface area (Å²) in [4.78, 5) is 11.7. The zero-order valence-corrected chi connectivity index (χ0v) is 20.6. The first-order valence-electron chi connectivity index (χ1n) is 11.9. The van der Waals surface area contributed by atoms with Gasteiger partial charge in [-0.05, 0) is 62.1 Å². The molecule has 0 saturated heterocycles. The molecule has 3 rings (SSSR count). The lowest BCUT2D eigenvalue weighted by Gasteiger charge is -2.27. The number of unbranched alkanes of at least 4 members (excludes halogenated alkanes) is 1. The Morgan fingerprint density at radius 2 is 1.44 bits per heavy atom. The lowest BCUT2D eigenvalue weighted by atomic mass is 9.95. The molecule has 0 radical (unpaired) electrons. The van der Waals surface area contributed by atoms with Gasteiger partial charge in [0.1, 0.15) is 11.6 Å². The molecule has 0 spiro atoms. The summed E-state index contributed by atoms with van der Waals surface area (Å²) >= 11 is 0. The second kappa shape index (κ2) is 12.9. The number of halogens is 1. The highest BCUT2D eigenvalue weighted by atomic mass is 19.1. The molecule has 3 aromatic rings. The number of pyridine rings is 2. The highest BCUT2D eigenvalue weighted by Gasteiger charge is 2.21. The van der Waals surface area contributed by atoms with Crippen molar-refractivity contribution in [1.29, 1.82) is 0 Å². The van der Waals surface area contributed by atoms with Gasteiger partial charge in [0.05, 0.1) is 11.4 Å². The van der Waals surface area contributed by atoms with Crippen molar-refractivity contribution in [2.75, 3.05) is 18.0 Å². The van der Waals surface area contributed by atoms with Crippen LogP contribution in [-0.4, -0.2) is 23.1 Å². The number of rotatable bonds is 8. The lowest BCUT2D eigenvalue weighted by Crippen LogP contribution is -2.27. The van der Waals surface area contributed by atoms with Gasteiger partial charge in [-0.1, -0.05) is 58.7 Å². The van der Waals surface area contributed by atoms with E-state index in [1.54, 1.807) is 12.3 Å². The minimum atomic E-state index is -0.204. The van der Waals surface area contributed by atoms with Crippen LogP contribution < -0.4 is 4.90 Å². The predicted octanol–water partition coefficient (Wildman–Crippen LogP) is 8.00. The highest BCUT2D eigenvalue weighted by molar-refractivity contribution is 5.83. The number of aromatic nitrogens is 2. The molecule has 0 amide bonds. The van der Waals surface area contributed by atoms with E-state index in [2.05, 4.69) is 37.6 Å². The largest absolute Gasteiger partial charge is 0.356 e. The fourth-order valence-electron chi connectivity index (χ4n) is 3.65. The van der Waals surface area contributed by atoms with Crippen molar-refractivity contribution in [2.45, 2.75) is 67.2 Å². The van der Waals surface area contributed by atoms with Gasteiger partial charge in [0, 0.05) is 30.4 Å². The molecule has 1 aromatic carbocycles. The van der Waals surface area contributed by atoms with Crippen LogP contribution in [-0.2, 0) is 0 Å². The van der Waals surface area contributed by atoms with Crippen LogP contribution in [0.2, 0.25) is 0 Å². The summed E-state index contributed by atoms with van der Waals surface area (Å²) in [6, 6.07) is 13.1. The fraction of sp³-hybridized carbons (Fsp3) is 0.429. The van der Waals surface area contributed by atoms with E-state index in [1.807, 2.05) is 44.2 Å². The summed E-state index contributed by atoms with van der Waals surface area (Å²) in [6.45, 7) is 14.4. The molecule has 0 unspecified atom stereocenters. The van der Waals surface area contributed by atoms with E-state index in [0.717, 1.165) is 59.8 Å². The maximum absolute atomic E-state index is 14.9. The topological polar surface area (TPSA) is 29.0 Å². The van der Waals surface area contributed by atoms with Crippen molar-refractivity contribution in [1.82, 2.24) is 9.97 Å². The van der Waals surface area contributed by atoms with Crippen molar-refractivity contribution in [2.24, 2.45) is 0 Å². The van der Waals surface area contributed by atoms with Gasteiger partial charge in [-0.3, -0.25) is 4.98 Å². The second-order valence-corrected chi connectivity index (χ2v) is 8.16. The van der Waals surface area contributed by atoms with E-state index < -0.39 is 0 Å². The first-order chi connectivity index (χ1) is 15.5. The van der Waals surface area contributed by atoms with Gasteiger partial charge in [0.25, 0.3) is 0 Å². The Morgan fingerprint density at radius 1 is 0.750 bits per heavy atom. The molecule has 0 atom stereocenters. The molecule has 0 aliphatic heterocycles. The van der Waals surface area contributed by atoms with Gasteiger partial charge in [-0.15, -0.1) is 0 Å². The predicted molar refractivity (Wildman–Crippen MR) is 136 cm³/mol. The molecule has 2 heterocycles. The summed E-state index contributed by atoms with van der Waals surface area (Å²) in [7, 11) is 0. The van der Waals surface area contributed by atoms with Crippen molar-refractivity contribution >= 4 is 5.82 Å². The zero-order chi connectivity index (χ0) is 23.5. The maximum Gasteiger partial charge on any atom is 0.137 e. The number of hydrogen-bond donors (Lipinski definition) is 0. The first kappa shape index (κ1) is 25.5. The van der Waals surface area contributed by atoms with Crippen LogP contribution in [0, 0.1) is 19.7 Å². The van der Waals surface area contributed by atoms with Gasteiger partial charge in [-0.2, -0.15) is 0 Å². The summed E-state index contributed by atoms with van der Waals surface area (Å²) in [6.07, 6.45) is 6.42. The van der Waals surface area contributed by atoms with E-state index >= 15 is 0 Å². The van der Waals surface area contributed by atoms with E-state index in [0.29, 0.717) is 5.56 Å². The fourth-order valence-corrected chi connectivity index (χ4v) is 3.65. The molecule has 0 N–H and O–H groups in total. The minimum absolute atomic E-state index is 0.204. The highest BCUT2D eigenvalue weighted by Crippen LogP contribution is 2.38. The van der Waals surface area contributed by atoms with Crippen LogP contribution in [0.5, 0.6) is 0 Å². The number of hydrogen-bond acceptors (Lipinski definition) is 3. The molecule has 0 saturated carbocycles. The normalized spacial score (nSPS) is 10.5. The van der Waals surface area contributed by atoms with E-state index in [-0.39, 0.29) is 5.82 Å². The van der Waals surface area contributed by atoms with Crippen LogP contribution in [0.1, 0.15) is 64.5 Å². The molecule has 3 nitrogen and oxygen atoms in total. The van der Waals surface area contributed by atoms with Crippen molar-refractivity contribution in [3.8, 4) is 22.5 Å². The Kier molecular flexibility index (Phi) is 10.3. The van der Waals surface area contributed by atoms with Gasteiger partial charge in [0.2, 0.25) is 0 Å². The minimum Gasteiger partial charge on any atom is -0.356 e. The van der Waals surface area contributed by atoms with Gasteiger partial charge < -0.3 is 4.90 Å². The molecule has 2 aromatic heterocycles. The Hall–Kier alpha value is -2.75. The number of nitrogens with zero attached hydrogens (tertiary/aromatic N) is 3. The van der Waals surface area contributed by atoms with Crippen LogP contribution in [0.25, 0.3) is 22.5 Å². The third kappa shape index (κ3) is 6.38. The van der Waals surface area contributed by atoms with Crippen LogP contribution in [0.4, 0.5) is 10.2 Å². The van der Waals surface area contributed by atoms with Gasteiger partial charge >= 0.3 is 0 Å². The van der Waals surface area contributed by atoms with Crippen molar-refractivity contribution < 1.29 is 4.39 Å². The Morgan fingerprint density at radius 3 is 1.97 bits per heavy atom. The quantitative estimate of drug-likeness (QED) is 0.359. The molecule has 4 heteroatoms. The molecule has 172 valence electrons. The number of benzene rings is 1. The number of aryl methyl sites for hydroxylation is 2. The number of anilines is 1. The molecule has 0 bridgehead atoms. The third-order valence-corrected chi connectivity index (χ3v) is 5.38. The Balaban J connectivity index is 0.000000837. The van der Waals surface area contributed by atoms with Gasteiger partial charge in [0.15, 0.2) is 0 Å². The van der Waals surface area contributed by atoms with E-state index in [4.69, 9.17) is 4.98 Å². The average molecular weight is 436 g/mol. The third-order valence-electron chi connectivity index (χ3n) is 5.38. The smallest absolute Gasteiger partial charge is 0.137 e. The van der Waals surface area contributed by atoms with Crippen LogP contribution in [0.15, 0.2) is 48.7 Å². The first-order valence-corrected chi connectivity index (χ1v) is 11.9. The molecular formula is C28H38FN3. The summed E-state index contributed by atoms with van der Waals surface area (Å²) in [5.74, 6) is 0.641. The lowest BCUT2D eigenvalue weighted by molar-refractivity contribution is 0.629. The second-order valence-electron chi connectivity index (χ2n) is 8.16. The van der Waals surface area contributed by atoms with Gasteiger partial charge in [-0.25, -0.2) is 9.37 Å². The van der Waals surface area contributed by atoms with E-state index in [1.165, 1.54) is 18.9 Å². The molecular weight excluding hydrogens is 397 g/mol. The standard InChI is InChI=1S/C24H28FN3.C4H10/c1-5-14-28(15-6-2)24-23(22-17(3)10-9-11-19(22)25)18(4)16-21(27-24)20-12-7-8-13-26-20;1-3-4-2/h7-13,16H,5-6,14-15H2,1-4H3;3-4H2,1-2H3. The molecule has 32 heavy (non-hydrogen) atoms. The summed E-state index contributed by atoms with van der Waals surface area (Å²) in [5, 5.41) is 0. The molecule has 0 fully saturated rings. The summed E-state index contributed by atoms with van der Waals surface area (Å²) in [5.41, 5.74) is 5.12. The molecule has 0 aliphatic carbocycles. The van der Waals surface area contributed by atoms with Crippen molar-refractivity contribution in [3.05, 3.63) is 65.6 Å². The maximum atomic E-state index is 14.9. The van der Waals surface area contributed by atoms with Crippen molar-refractivity contribution in [3.63, 3.8) is 0 Å². The zero-order valence-electron chi connectivity index (χ0n) is 20.6. The SMILES string of the molecule is CCCC.CCCN(CCC)c1nc(-c2ccccn2)cc(C)c1-c1c(C)cccc1F. The monoisotopic (exact) mass is 435 g/mol. The summed E-state index contributed by atoms with van der Waals surface area (Å²) < 4.78 is 14.9. The Bertz CT molecular complexity index is 942.